The number of carbonyl (C=O) groups is 1. The molecule has 0 aliphatic carbocycles. The highest BCUT2D eigenvalue weighted by atomic mass is 16.2. The molecule has 0 spiro atoms. The summed E-state index contributed by atoms with van der Waals surface area (Å²) in [6.45, 7) is 5.37. The molecule has 0 aromatic heterocycles. The lowest BCUT2D eigenvalue weighted by atomic mass is 10.1. The van der Waals surface area contributed by atoms with E-state index in [-0.39, 0.29) is 6.03 Å². The molecule has 2 amide bonds. The van der Waals surface area contributed by atoms with E-state index in [9.17, 15) is 4.79 Å². The second-order valence-electron chi connectivity index (χ2n) is 5.13. The van der Waals surface area contributed by atoms with Crippen LogP contribution in [-0.4, -0.2) is 48.6 Å². The molecule has 1 unspecified atom stereocenters. The molecule has 4 heteroatoms. The largest absolute Gasteiger partial charge is 0.334 e. The van der Waals surface area contributed by atoms with E-state index < -0.39 is 0 Å². The van der Waals surface area contributed by atoms with Gasteiger partial charge in [0, 0.05) is 32.2 Å². The van der Waals surface area contributed by atoms with Crippen molar-refractivity contribution in [2.45, 2.75) is 25.9 Å². The first kappa shape index (κ1) is 13.9. The third-order valence-electron chi connectivity index (χ3n) is 3.82. The molecule has 1 aliphatic rings. The summed E-state index contributed by atoms with van der Waals surface area (Å²) < 4.78 is 0. The molecule has 0 saturated carbocycles. The van der Waals surface area contributed by atoms with Crippen LogP contribution < -0.4 is 5.32 Å². The van der Waals surface area contributed by atoms with Crippen LogP contribution in [0.25, 0.3) is 0 Å². The molecular formula is C15H23N3O. The molecule has 4 nitrogen and oxygen atoms in total. The standard InChI is InChI=1S/C15H23N3O/c1-3-14-12-18(10-9-17(14)2)15(19)16-11-13-7-5-4-6-8-13/h4-8,14H,3,9-12H2,1-2H3,(H,16,19). The molecular weight excluding hydrogens is 238 g/mol. The summed E-state index contributed by atoms with van der Waals surface area (Å²) in [6.07, 6.45) is 1.08. The molecule has 0 radical (unpaired) electrons. The summed E-state index contributed by atoms with van der Waals surface area (Å²) in [5, 5.41) is 3.00. The molecule has 0 bridgehead atoms. The van der Waals surface area contributed by atoms with Crippen molar-refractivity contribution in [1.29, 1.82) is 0 Å². The number of amides is 2. The number of rotatable bonds is 3. The average molecular weight is 261 g/mol. The van der Waals surface area contributed by atoms with Crippen molar-refractivity contribution in [2.24, 2.45) is 0 Å². The molecule has 19 heavy (non-hydrogen) atoms. The Morgan fingerprint density at radius 3 is 2.74 bits per heavy atom. The molecule has 1 atom stereocenters. The van der Waals surface area contributed by atoms with Crippen molar-refractivity contribution in [3.8, 4) is 0 Å². The van der Waals surface area contributed by atoms with E-state index in [4.69, 9.17) is 0 Å². The molecule has 1 N–H and O–H groups in total. The third kappa shape index (κ3) is 3.70. The Morgan fingerprint density at radius 2 is 2.05 bits per heavy atom. The second-order valence-corrected chi connectivity index (χ2v) is 5.13. The molecule has 1 heterocycles. The first-order chi connectivity index (χ1) is 9.20. The first-order valence-electron chi connectivity index (χ1n) is 6.97. The van der Waals surface area contributed by atoms with Gasteiger partial charge in [-0.25, -0.2) is 4.79 Å². The Labute approximate surface area is 115 Å². The lowest BCUT2D eigenvalue weighted by molar-refractivity contribution is 0.107. The van der Waals surface area contributed by atoms with Crippen molar-refractivity contribution in [3.63, 3.8) is 0 Å². The topological polar surface area (TPSA) is 35.6 Å². The van der Waals surface area contributed by atoms with Gasteiger partial charge in [0.1, 0.15) is 0 Å². The number of hydrogen-bond acceptors (Lipinski definition) is 2. The van der Waals surface area contributed by atoms with Gasteiger partial charge in [0.2, 0.25) is 0 Å². The number of hydrogen-bond donors (Lipinski definition) is 1. The molecule has 1 aliphatic heterocycles. The number of carbonyl (C=O) groups excluding carboxylic acids is 1. The highest BCUT2D eigenvalue weighted by Gasteiger charge is 2.25. The van der Waals surface area contributed by atoms with E-state index in [2.05, 4.69) is 24.2 Å². The third-order valence-corrected chi connectivity index (χ3v) is 3.82. The summed E-state index contributed by atoms with van der Waals surface area (Å²) in [5.74, 6) is 0. The number of benzene rings is 1. The quantitative estimate of drug-likeness (QED) is 0.902. The van der Waals surface area contributed by atoms with Gasteiger partial charge in [-0.3, -0.25) is 4.90 Å². The summed E-state index contributed by atoms with van der Waals surface area (Å²) in [4.78, 5) is 16.4. The fourth-order valence-electron chi connectivity index (χ4n) is 2.46. The zero-order valence-electron chi connectivity index (χ0n) is 11.8. The van der Waals surface area contributed by atoms with Crippen molar-refractivity contribution in [3.05, 3.63) is 35.9 Å². The van der Waals surface area contributed by atoms with Gasteiger partial charge in [0.25, 0.3) is 0 Å². The highest BCUT2D eigenvalue weighted by Crippen LogP contribution is 2.10. The van der Waals surface area contributed by atoms with Crippen LogP contribution in [0.1, 0.15) is 18.9 Å². The predicted octanol–water partition coefficient (Wildman–Crippen LogP) is 1.92. The molecule has 1 aromatic rings. The summed E-state index contributed by atoms with van der Waals surface area (Å²) in [5.41, 5.74) is 1.14. The van der Waals surface area contributed by atoms with E-state index in [1.54, 1.807) is 0 Å². The van der Waals surface area contributed by atoms with Crippen LogP contribution in [0.5, 0.6) is 0 Å². The van der Waals surface area contributed by atoms with Crippen LogP contribution in [-0.2, 0) is 6.54 Å². The maximum Gasteiger partial charge on any atom is 0.317 e. The number of nitrogens with one attached hydrogen (secondary N) is 1. The van der Waals surface area contributed by atoms with E-state index >= 15 is 0 Å². The summed E-state index contributed by atoms with van der Waals surface area (Å²) in [6, 6.07) is 10.6. The normalized spacial score (nSPS) is 20.3. The molecule has 2 rings (SSSR count). The minimum atomic E-state index is 0.0513. The van der Waals surface area contributed by atoms with Crippen molar-refractivity contribution in [2.75, 3.05) is 26.7 Å². The monoisotopic (exact) mass is 261 g/mol. The molecule has 104 valence electrons. The Balaban J connectivity index is 1.83. The van der Waals surface area contributed by atoms with Crippen molar-refractivity contribution < 1.29 is 4.79 Å². The van der Waals surface area contributed by atoms with Gasteiger partial charge < -0.3 is 10.2 Å². The zero-order chi connectivity index (χ0) is 13.7. The Morgan fingerprint density at radius 1 is 1.32 bits per heavy atom. The molecule has 1 fully saturated rings. The Bertz CT molecular complexity index is 407. The minimum Gasteiger partial charge on any atom is -0.334 e. The lowest BCUT2D eigenvalue weighted by Gasteiger charge is -2.39. The van der Waals surface area contributed by atoms with Crippen LogP contribution in [0, 0.1) is 0 Å². The number of likely N-dealkylation sites (N-methyl/N-ethyl adjacent to an activating group) is 1. The van der Waals surface area contributed by atoms with Gasteiger partial charge in [-0.05, 0) is 19.0 Å². The zero-order valence-corrected chi connectivity index (χ0v) is 11.8. The van der Waals surface area contributed by atoms with E-state index in [1.807, 2.05) is 35.2 Å². The van der Waals surface area contributed by atoms with Crippen LogP contribution in [0.2, 0.25) is 0 Å². The Hall–Kier alpha value is -1.55. The van der Waals surface area contributed by atoms with Gasteiger partial charge in [0.15, 0.2) is 0 Å². The fourth-order valence-corrected chi connectivity index (χ4v) is 2.46. The van der Waals surface area contributed by atoms with Gasteiger partial charge >= 0.3 is 6.03 Å². The van der Waals surface area contributed by atoms with Crippen LogP contribution in [0.4, 0.5) is 4.79 Å². The SMILES string of the molecule is CCC1CN(C(=O)NCc2ccccc2)CCN1C. The molecule has 1 aromatic carbocycles. The van der Waals surface area contributed by atoms with Gasteiger partial charge in [-0.2, -0.15) is 0 Å². The van der Waals surface area contributed by atoms with E-state index in [1.165, 1.54) is 0 Å². The summed E-state index contributed by atoms with van der Waals surface area (Å²) in [7, 11) is 2.13. The predicted molar refractivity (Wildman–Crippen MR) is 77.0 cm³/mol. The van der Waals surface area contributed by atoms with Gasteiger partial charge in [-0.15, -0.1) is 0 Å². The first-order valence-corrected chi connectivity index (χ1v) is 6.97. The maximum atomic E-state index is 12.1. The number of urea groups is 1. The number of nitrogens with zero attached hydrogens (tertiary/aromatic N) is 2. The smallest absolute Gasteiger partial charge is 0.317 e. The van der Waals surface area contributed by atoms with Crippen LogP contribution >= 0.6 is 0 Å². The van der Waals surface area contributed by atoms with E-state index in [0.29, 0.717) is 12.6 Å². The second kappa shape index (κ2) is 6.57. The van der Waals surface area contributed by atoms with Crippen molar-refractivity contribution in [1.82, 2.24) is 15.1 Å². The molecule has 1 saturated heterocycles. The minimum absolute atomic E-state index is 0.0513. The van der Waals surface area contributed by atoms with Crippen molar-refractivity contribution >= 4 is 6.03 Å². The fraction of sp³-hybridized carbons (Fsp3) is 0.533. The lowest BCUT2D eigenvalue weighted by Crippen LogP contribution is -2.55. The highest BCUT2D eigenvalue weighted by molar-refractivity contribution is 5.74. The van der Waals surface area contributed by atoms with Crippen LogP contribution in [0.15, 0.2) is 30.3 Å². The van der Waals surface area contributed by atoms with Gasteiger partial charge in [0.05, 0.1) is 0 Å². The van der Waals surface area contributed by atoms with Gasteiger partial charge in [-0.1, -0.05) is 37.3 Å². The Kier molecular flexibility index (Phi) is 4.80. The van der Waals surface area contributed by atoms with Crippen LogP contribution in [0.3, 0.4) is 0 Å². The average Bonchev–Trinajstić information content (AvgIpc) is 2.46. The summed E-state index contributed by atoms with van der Waals surface area (Å²) >= 11 is 0. The van der Waals surface area contributed by atoms with E-state index in [0.717, 1.165) is 31.6 Å². The maximum absolute atomic E-state index is 12.1. The number of piperazine rings is 1.